The first-order valence-electron chi connectivity index (χ1n) is 12.9. The lowest BCUT2D eigenvalue weighted by Gasteiger charge is -2.61. The second-order valence-corrected chi connectivity index (χ2v) is 12.1. The molecule has 0 spiro atoms. The summed E-state index contributed by atoms with van der Waals surface area (Å²) in [5.74, 6) is 3.11. The van der Waals surface area contributed by atoms with Gasteiger partial charge in [-0.3, -0.25) is 4.79 Å². The number of carbonyl (C=O) groups is 2. The van der Waals surface area contributed by atoms with Crippen molar-refractivity contribution < 1.29 is 9.59 Å². The smallest absolute Gasteiger partial charge is 0.248 e. The highest BCUT2D eigenvalue weighted by molar-refractivity contribution is 5.90. The van der Waals surface area contributed by atoms with Gasteiger partial charge in [0.2, 0.25) is 5.91 Å². The zero-order chi connectivity index (χ0) is 23.3. The van der Waals surface area contributed by atoms with Gasteiger partial charge in [0.05, 0.1) is 5.92 Å². The van der Waals surface area contributed by atoms with Crippen molar-refractivity contribution in [1.29, 1.82) is 0 Å². The topological polar surface area (TPSA) is 58.2 Å². The fourth-order valence-corrected chi connectivity index (χ4v) is 8.87. The SMILES string of the molecule is CN[C@@H](C)[C@H]1CC[C@H]2[C@@H]3CC[C@H]4C(C=O)C(NC(=O)C=C(C)C)=CC[C@]4(C)[C@H]3CC[C@]12C. The summed E-state index contributed by atoms with van der Waals surface area (Å²) >= 11 is 0. The number of fused-ring (bicyclic) bond motifs is 5. The van der Waals surface area contributed by atoms with Crippen molar-refractivity contribution in [2.24, 2.45) is 46.3 Å². The Hall–Kier alpha value is -1.42. The number of rotatable bonds is 5. The van der Waals surface area contributed by atoms with Gasteiger partial charge in [0.25, 0.3) is 0 Å². The third kappa shape index (κ3) is 3.71. The average Bonchev–Trinajstić information content (AvgIpc) is 3.10. The standard InChI is InChI=1S/C28H44N2O2/c1-17(2)15-26(32)30-25-12-14-28(5)23(20(25)16-31)8-7-19-22-10-9-21(18(3)29-6)27(22,4)13-11-24(19)28/h12,15-16,18-24,29H,7-11,13-14H2,1-6H3,(H,30,32)/t18-,19-,20?,21+,22-,23-,24-,27+,28-/m0/s1. The van der Waals surface area contributed by atoms with Gasteiger partial charge < -0.3 is 15.4 Å². The van der Waals surface area contributed by atoms with Crippen LogP contribution in [-0.2, 0) is 9.59 Å². The van der Waals surface area contributed by atoms with Gasteiger partial charge in [-0.2, -0.15) is 0 Å². The molecule has 3 saturated carbocycles. The Bertz CT molecular complexity index is 812. The summed E-state index contributed by atoms with van der Waals surface area (Å²) in [6.07, 6.45) is 13.6. The fourth-order valence-electron chi connectivity index (χ4n) is 8.87. The van der Waals surface area contributed by atoms with E-state index in [0.29, 0.717) is 23.3 Å². The van der Waals surface area contributed by atoms with Crippen molar-refractivity contribution in [1.82, 2.24) is 10.6 Å². The van der Waals surface area contributed by atoms with E-state index in [1.165, 1.54) is 32.1 Å². The molecule has 0 saturated heterocycles. The molecule has 1 amide bonds. The van der Waals surface area contributed by atoms with Crippen LogP contribution in [0.15, 0.2) is 23.4 Å². The summed E-state index contributed by atoms with van der Waals surface area (Å²) < 4.78 is 0. The quantitative estimate of drug-likeness (QED) is 0.453. The van der Waals surface area contributed by atoms with E-state index in [0.717, 1.165) is 48.2 Å². The van der Waals surface area contributed by atoms with Crippen LogP contribution in [0.2, 0.25) is 0 Å². The molecule has 4 nitrogen and oxygen atoms in total. The fraction of sp³-hybridized carbons (Fsp3) is 0.786. The van der Waals surface area contributed by atoms with Crippen LogP contribution >= 0.6 is 0 Å². The largest absolute Gasteiger partial charge is 0.326 e. The molecule has 4 rings (SSSR count). The summed E-state index contributed by atoms with van der Waals surface area (Å²) in [5, 5.41) is 6.60. The van der Waals surface area contributed by atoms with Crippen LogP contribution in [0.4, 0.5) is 0 Å². The third-order valence-electron chi connectivity index (χ3n) is 10.5. The molecule has 2 N–H and O–H groups in total. The Kier molecular flexibility index (Phi) is 6.48. The number of allylic oxidation sites excluding steroid dienone is 3. The van der Waals surface area contributed by atoms with Gasteiger partial charge in [-0.05, 0) is 113 Å². The van der Waals surface area contributed by atoms with Crippen LogP contribution in [0.25, 0.3) is 0 Å². The van der Waals surface area contributed by atoms with Crippen LogP contribution in [0, 0.1) is 46.3 Å². The molecule has 9 atom stereocenters. The van der Waals surface area contributed by atoms with Gasteiger partial charge in [-0.15, -0.1) is 0 Å². The minimum absolute atomic E-state index is 0.107. The molecule has 4 aliphatic rings. The molecule has 0 bridgehead atoms. The van der Waals surface area contributed by atoms with Crippen LogP contribution in [-0.4, -0.2) is 25.3 Å². The summed E-state index contributed by atoms with van der Waals surface area (Å²) in [6.45, 7) is 11.3. The molecule has 3 fully saturated rings. The lowest BCUT2D eigenvalue weighted by Crippen LogP contribution is -2.56. The summed E-state index contributed by atoms with van der Waals surface area (Å²) in [5.41, 5.74) is 2.42. The predicted molar refractivity (Wildman–Crippen MR) is 130 cm³/mol. The van der Waals surface area contributed by atoms with E-state index in [1.807, 2.05) is 13.8 Å². The maximum absolute atomic E-state index is 12.4. The van der Waals surface area contributed by atoms with E-state index in [2.05, 4.69) is 44.5 Å². The number of aldehydes is 1. The average molecular weight is 441 g/mol. The molecule has 0 aromatic carbocycles. The Morgan fingerprint density at radius 3 is 2.41 bits per heavy atom. The second kappa shape index (κ2) is 8.74. The minimum Gasteiger partial charge on any atom is -0.326 e. The van der Waals surface area contributed by atoms with Gasteiger partial charge in [-0.25, -0.2) is 0 Å². The van der Waals surface area contributed by atoms with Gasteiger partial charge >= 0.3 is 0 Å². The molecule has 0 radical (unpaired) electrons. The van der Waals surface area contributed by atoms with E-state index in [1.54, 1.807) is 6.08 Å². The van der Waals surface area contributed by atoms with E-state index >= 15 is 0 Å². The number of hydrogen-bond donors (Lipinski definition) is 2. The summed E-state index contributed by atoms with van der Waals surface area (Å²) in [7, 11) is 2.11. The Morgan fingerprint density at radius 2 is 1.75 bits per heavy atom. The number of carbonyl (C=O) groups excluding carboxylic acids is 2. The number of amides is 1. The van der Waals surface area contributed by atoms with Crippen molar-refractivity contribution in [3.05, 3.63) is 23.4 Å². The minimum atomic E-state index is -0.182. The monoisotopic (exact) mass is 440 g/mol. The van der Waals surface area contributed by atoms with Crippen LogP contribution < -0.4 is 10.6 Å². The van der Waals surface area contributed by atoms with Crippen molar-refractivity contribution >= 4 is 12.2 Å². The normalized spacial score (nSPS) is 43.8. The van der Waals surface area contributed by atoms with Crippen LogP contribution in [0.1, 0.15) is 79.6 Å². The molecule has 0 aromatic rings. The summed E-state index contributed by atoms with van der Waals surface area (Å²) in [6, 6.07) is 0.581. The molecular formula is C28H44N2O2. The molecule has 4 heteroatoms. The van der Waals surface area contributed by atoms with Crippen LogP contribution in [0.3, 0.4) is 0 Å². The highest BCUT2D eigenvalue weighted by Crippen LogP contribution is 2.68. The van der Waals surface area contributed by atoms with Gasteiger partial charge in [0, 0.05) is 17.8 Å². The maximum Gasteiger partial charge on any atom is 0.248 e. The van der Waals surface area contributed by atoms with Gasteiger partial charge in [-0.1, -0.05) is 25.5 Å². The van der Waals surface area contributed by atoms with Crippen LogP contribution in [0.5, 0.6) is 0 Å². The highest BCUT2D eigenvalue weighted by Gasteiger charge is 2.61. The van der Waals surface area contributed by atoms with Crippen molar-refractivity contribution in [2.45, 2.75) is 85.6 Å². The Morgan fingerprint density at radius 1 is 1.06 bits per heavy atom. The molecule has 1 unspecified atom stereocenters. The van der Waals surface area contributed by atoms with E-state index in [9.17, 15) is 9.59 Å². The lowest BCUT2D eigenvalue weighted by atomic mass is 9.44. The third-order valence-corrected chi connectivity index (χ3v) is 10.5. The zero-order valence-corrected chi connectivity index (χ0v) is 21.0. The molecule has 0 aromatic heterocycles. The number of hydrogen-bond acceptors (Lipinski definition) is 3. The van der Waals surface area contributed by atoms with Crippen molar-refractivity contribution in [3.63, 3.8) is 0 Å². The van der Waals surface area contributed by atoms with Crippen molar-refractivity contribution in [3.8, 4) is 0 Å². The maximum atomic E-state index is 12.4. The van der Waals surface area contributed by atoms with Gasteiger partial charge in [0.15, 0.2) is 0 Å². The molecule has 4 aliphatic carbocycles. The lowest BCUT2D eigenvalue weighted by molar-refractivity contribution is -0.128. The first-order chi connectivity index (χ1) is 15.2. The predicted octanol–water partition coefficient (Wildman–Crippen LogP) is 5.25. The molecule has 32 heavy (non-hydrogen) atoms. The molecule has 0 heterocycles. The van der Waals surface area contributed by atoms with E-state index in [4.69, 9.17) is 0 Å². The van der Waals surface area contributed by atoms with Crippen molar-refractivity contribution in [2.75, 3.05) is 7.05 Å². The van der Waals surface area contributed by atoms with E-state index in [-0.39, 0.29) is 17.2 Å². The van der Waals surface area contributed by atoms with Gasteiger partial charge in [0.1, 0.15) is 6.29 Å². The summed E-state index contributed by atoms with van der Waals surface area (Å²) in [4.78, 5) is 24.7. The first-order valence-corrected chi connectivity index (χ1v) is 12.9. The second-order valence-electron chi connectivity index (χ2n) is 12.1. The highest BCUT2D eigenvalue weighted by atomic mass is 16.1. The molecule has 0 aliphatic heterocycles. The molecular weight excluding hydrogens is 396 g/mol. The zero-order valence-electron chi connectivity index (χ0n) is 21.0. The molecule has 178 valence electrons. The Balaban J connectivity index is 1.58. The Labute approximate surface area is 195 Å². The van der Waals surface area contributed by atoms with E-state index < -0.39 is 0 Å². The number of nitrogens with one attached hydrogen (secondary N) is 2. The first kappa shape index (κ1) is 23.7.